The maximum Gasteiger partial charge on any atom is 0.251 e. The lowest BCUT2D eigenvalue weighted by molar-refractivity contribution is 0.0818. The van der Waals surface area contributed by atoms with Gasteiger partial charge in [-0.1, -0.05) is 25.3 Å². The fourth-order valence-electron chi connectivity index (χ4n) is 2.57. The van der Waals surface area contributed by atoms with Crippen LogP contribution in [0.3, 0.4) is 0 Å². The van der Waals surface area contributed by atoms with E-state index in [9.17, 15) is 15.0 Å². The van der Waals surface area contributed by atoms with Gasteiger partial charge in [-0.3, -0.25) is 4.79 Å². The Bertz CT molecular complexity index is 459. The van der Waals surface area contributed by atoms with Crippen LogP contribution in [0.2, 0.25) is 0 Å². The minimum absolute atomic E-state index is 0.120. The van der Waals surface area contributed by atoms with Crippen molar-refractivity contribution in [2.75, 3.05) is 0 Å². The predicted molar refractivity (Wildman–Crippen MR) is 73.2 cm³/mol. The third-order valence-corrected chi connectivity index (χ3v) is 3.85. The molecule has 1 amide bonds. The van der Waals surface area contributed by atoms with Crippen LogP contribution in [0, 0.1) is 6.92 Å². The van der Waals surface area contributed by atoms with Gasteiger partial charge in [0.15, 0.2) is 0 Å². The maximum absolute atomic E-state index is 12.2. The number of phenols is 1. The Hall–Kier alpha value is -1.55. The third-order valence-electron chi connectivity index (χ3n) is 3.85. The molecule has 4 heteroatoms. The van der Waals surface area contributed by atoms with E-state index >= 15 is 0 Å². The van der Waals surface area contributed by atoms with Crippen molar-refractivity contribution in [2.24, 2.45) is 0 Å². The van der Waals surface area contributed by atoms with Gasteiger partial charge in [-0.05, 0) is 31.9 Å². The average molecular weight is 263 g/mol. The van der Waals surface area contributed by atoms with E-state index in [0.717, 1.165) is 32.1 Å². The third kappa shape index (κ3) is 3.26. The van der Waals surface area contributed by atoms with Gasteiger partial charge < -0.3 is 15.5 Å². The molecule has 0 bridgehead atoms. The zero-order valence-electron chi connectivity index (χ0n) is 11.2. The molecule has 2 rings (SSSR count). The molecule has 19 heavy (non-hydrogen) atoms. The number of hydrogen-bond acceptors (Lipinski definition) is 3. The quantitative estimate of drug-likeness (QED) is 0.716. The molecular formula is C15H21NO3. The number of aromatic hydroxyl groups is 1. The summed E-state index contributed by atoms with van der Waals surface area (Å²) in [6, 6.07) is 4.72. The Morgan fingerprint density at radius 1 is 1.26 bits per heavy atom. The number of amides is 1. The maximum atomic E-state index is 12.2. The first-order valence-corrected chi connectivity index (χ1v) is 6.87. The Morgan fingerprint density at radius 3 is 2.79 bits per heavy atom. The van der Waals surface area contributed by atoms with Crippen LogP contribution < -0.4 is 5.32 Å². The van der Waals surface area contributed by atoms with Crippen molar-refractivity contribution in [1.82, 2.24) is 5.32 Å². The second-order valence-electron chi connectivity index (χ2n) is 5.24. The summed E-state index contributed by atoms with van der Waals surface area (Å²) in [7, 11) is 0. The van der Waals surface area contributed by atoms with Gasteiger partial charge >= 0.3 is 0 Å². The van der Waals surface area contributed by atoms with E-state index in [2.05, 4.69) is 5.32 Å². The SMILES string of the molecule is Cc1c(O)cccc1C(=O)NC1CCCCCC1O. The number of benzene rings is 1. The molecule has 0 aromatic heterocycles. The fourth-order valence-corrected chi connectivity index (χ4v) is 2.57. The first-order valence-electron chi connectivity index (χ1n) is 6.87. The summed E-state index contributed by atoms with van der Waals surface area (Å²) < 4.78 is 0. The normalized spacial score (nSPS) is 23.7. The number of rotatable bonds is 2. The summed E-state index contributed by atoms with van der Waals surface area (Å²) >= 11 is 0. The molecule has 104 valence electrons. The highest BCUT2D eigenvalue weighted by atomic mass is 16.3. The van der Waals surface area contributed by atoms with E-state index in [1.807, 2.05) is 0 Å². The van der Waals surface area contributed by atoms with Crippen LogP contribution in [0.5, 0.6) is 5.75 Å². The molecule has 1 aromatic carbocycles. The van der Waals surface area contributed by atoms with Gasteiger partial charge in [0.1, 0.15) is 5.75 Å². The molecule has 0 radical (unpaired) electrons. The largest absolute Gasteiger partial charge is 0.508 e. The number of aliphatic hydroxyl groups excluding tert-OH is 1. The van der Waals surface area contributed by atoms with Gasteiger partial charge in [-0.15, -0.1) is 0 Å². The van der Waals surface area contributed by atoms with E-state index in [4.69, 9.17) is 0 Å². The number of phenolic OH excluding ortho intramolecular Hbond substituents is 1. The van der Waals surface area contributed by atoms with E-state index in [1.54, 1.807) is 25.1 Å². The van der Waals surface area contributed by atoms with Gasteiger partial charge in [0.25, 0.3) is 5.91 Å². The standard InChI is InChI=1S/C15H21NO3/c1-10-11(6-5-9-13(10)17)15(19)16-12-7-3-2-4-8-14(12)18/h5-6,9,12,14,17-18H,2-4,7-8H2,1H3,(H,16,19). The second kappa shape index (κ2) is 6.06. The van der Waals surface area contributed by atoms with Crippen LogP contribution in [0.1, 0.15) is 48.0 Å². The van der Waals surface area contributed by atoms with Crippen LogP contribution >= 0.6 is 0 Å². The molecule has 4 nitrogen and oxygen atoms in total. The monoisotopic (exact) mass is 263 g/mol. The summed E-state index contributed by atoms with van der Waals surface area (Å²) in [6.45, 7) is 1.72. The molecule has 1 aliphatic carbocycles. The molecule has 0 heterocycles. The highest BCUT2D eigenvalue weighted by molar-refractivity contribution is 5.96. The summed E-state index contributed by atoms with van der Waals surface area (Å²) in [5.41, 5.74) is 1.04. The van der Waals surface area contributed by atoms with Crippen LogP contribution in [-0.4, -0.2) is 28.3 Å². The summed E-state index contributed by atoms with van der Waals surface area (Å²) in [4.78, 5) is 12.2. The summed E-state index contributed by atoms with van der Waals surface area (Å²) in [6.07, 6.45) is 4.23. The topological polar surface area (TPSA) is 69.6 Å². The summed E-state index contributed by atoms with van der Waals surface area (Å²) in [5, 5.41) is 22.5. The van der Waals surface area contributed by atoms with Crippen LogP contribution in [0.25, 0.3) is 0 Å². The molecule has 1 aromatic rings. The van der Waals surface area contributed by atoms with Crippen molar-refractivity contribution in [2.45, 2.75) is 51.2 Å². The minimum Gasteiger partial charge on any atom is -0.508 e. The number of carbonyl (C=O) groups excluding carboxylic acids is 1. The second-order valence-corrected chi connectivity index (χ2v) is 5.24. The van der Waals surface area contributed by atoms with Crippen molar-refractivity contribution in [1.29, 1.82) is 0 Å². The van der Waals surface area contributed by atoms with Gasteiger partial charge in [0, 0.05) is 11.1 Å². The molecule has 1 saturated carbocycles. The van der Waals surface area contributed by atoms with Crippen molar-refractivity contribution >= 4 is 5.91 Å². The van der Waals surface area contributed by atoms with E-state index in [1.165, 1.54) is 0 Å². The lowest BCUT2D eigenvalue weighted by atomic mass is 10.0. The molecule has 0 spiro atoms. The first-order chi connectivity index (χ1) is 9.09. The van der Waals surface area contributed by atoms with Crippen molar-refractivity contribution in [3.05, 3.63) is 29.3 Å². The Labute approximate surface area is 113 Å². The average Bonchev–Trinajstić information content (AvgIpc) is 2.58. The molecule has 2 atom stereocenters. The highest BCUT2D eigenvalue weighted by Crippen LogP contribution is 2.21. The molecule has 1 aliphatic rings. The van der Waals surface area contributed by atoms with Crippen LogP contribution in [0.15, 0.2) is 18.2 Å². The molecule has 1 fully saturated rings. The van der Waals surface area contributed by atoms with E-state index in [-0.39, 0.29) is 17.7 Å². The van der Waals surface area contributed by atoms with Crippen LogP contribution in [-0.2, 0) is 0 Å². The fraction of sp³-hybridized carbons (Fsp3) is 0.533. The number of hydrogen-bond donors (Lipinski definition) is 3. The lowest BCUT2D eigenvalue weighted by Crippen LogP contribution is -2.42. The van der Waals surface area contributed by atoms with E-state index < -0.39 is 6.10 Å². The van der Waals surface area contributed by atoms with Gasteiger partial charge in [0.2, 0.25) is 0 Å². The Kier molecular flexibility index (Phi) is 4.43. The minimum atomic E-state index is -0.468. The van der Waals surface area contributed by atoms with Crippen molar-refractivity contribution in [3.63, 3.8) is 0 Å². The number of nitrogens with one attached hydrogen (secondary N) is 1. The van der Waals surface area contributed by atoms with Gasteiger partial charge in [0.05, 0.1) is 12.1 Å². The van der Waals surface area contributed by atoms with Gasteiger partial charge in [-0.25, -0.2) is 0 Å². The number of carbonyl (C=O) groups is 1. The number of aliphatic hydroxyl groups is 1. The zero-order valence-corrected chi connectivity index (χ0v) is 11.2. The van der Waals surface area contributed by atoms with Crippen molar-refractivity contribution in [3.8, 4) is 5.75 Å². The zero-order chi connectivity index (χ0) is 13.8. The highest BCUT2D eigenvalue weighted by Gasteiger charge is 2.24. The molecule has 2 unspecified atom stereocenters. The van der Waals surface area contributed by atoms with E-state index in [0.29, 0.717) is 11.1 Å². The first kappa shape index (κ1) is 13.9. The van der Waals surface area contributed by atoms with Crippen LogP contribution in [0.4, 0.5) is 0 Å². The molecular weight excluding hydrogens is 242 g/mol. The lowest BCUT2D eigenvalue weighted by Gasteiger charge is -2.22. The smallest absolute Gasteiger partial charge is 0.251 e. The molecule has 3 N–H and O–H groups in total. The Balaban J connectivity index is 2.09. The molecule has 0 aliphatic heterocycles. The summed E-state index contributed by atoms with van der Waals surface area (Å²) in [5.74, 6) is -0.103. The van der Waals surface area contributed by atoms with Gasteiger partial charge in [-0.2, -0.15) is 0 Å². The Morgan fingerprint density at radius 2 is 2.00 bits per heavy atom. The predicted octanol–water partition coefficient (Wildman–Crippen LogP) is 2.12. The molecule has 0 saturated heterocycles. The van der Waals surface area contributed by atoms with Crippen molar-refractivity contribution < 1.29 is 15.0 Å².